The van der Waals surface area contributed by atoms with E-state index in [1.165, 1.54) is 0 Å². The van der Waals surface area contributed by atoms with E-state index in [2.05, 4.69) is 40.5 Å². The lowest BCUT2D eigenvalue weighted by Gasteiger charge is -2.28. The van der Waals surface area contributed by atoms with E-state index in [9.17, 15) is 29.4 Å². The first-order valence-electron chi connectivity index (χ1n) is 19.0. The summed E-state index contributed by atoms with van der Waals surface area (Å²) in [6.45, 7) is 0.967. The summed E-state index contributed by atoms with van der Waals surface area (Å²) in [5.74, 6) is 0.571. The van der Waals surface area contributed by atoms with Gasteiger partial charge in [-0.25, -0.2) is 19.6 Å². The molecule has 6 heterocycles. The van der Waals surface area contributed by atoms with Crippen molar-refractivity contribution < 1.29 is 29.4 Å². The van der Waals surface area contributed by atoms with Gasteiger partial charge in [0.2, 0.25) is 0 Å². The number of carboxylic acid groups (broad SMARTS) is 2. The molecule has 4 amide bonds. The van der Waals surface area contributed by atoms with Crippen LogP contribution in [0.25, 0.3) is 33.9 Å². The largest absolute Gasteiger partial charge is 0.465 e. The molecule has 2 aromatic carbocycles. The average molecular weight is 781 g/mol. The van der Waals surface area contributed by atoms with Crippen LogP contribution in [0.3, 0.4) is 0 Å². The second-order valence-electron chi connectivity index (χ2n) is 14.2. The molecule has 2 aliphatic heterocycles. The Morgan fingerprint density at radius 3 is 1.34 bits per heavy atom. The lowest BCUT2D eigenvalue weighted by atomic mass is 10.1. The predicted octanol–water partition coefficient (Wildman–Crippen LogP) is 6.27. The summed E-state index contributed by atoms with van der Waals surface area (Å²) in [4.78, 5) is 79.2. The van der Waals surface area contributed by atoms with Crippen LogP contribution < -0.4 is 10.6 Å². The van der Waals surface area contributed by atoms with Gasteiger partial charge in [0.1, 0.15) is 23.7 Å². The van der Waals surface area contributed by atoms with E-state index in [1.807, 2.05) is 36.4 Å². The SMILES string of the molecule is O=C(O)NC(C(=O)N1CCCC1c1ncc(-c2ccc(-c3ccc(-c4cnc([C@@H]5CCCN5C(=O)[C@H](NC(=O)O)c5ccccc5)[nH]4)cn3)nc2)[nH]1)c1ccccc1. The van der Waals surface area contributed by atoms with Crippen LogP contribution in [-0.4, -0.2) is 87.0 Å². The molecule has 2 unspecified atom stereocenters. The van der Waals surface area contributed by atoms with Crippen molar-refractivity contribution in [3.63, 3.8) is 0 Å². The number of H-pyrrole nitrogens is 2. The molecule has 4 atom stereocenters. The number of amides is 4. The third kappa shape index (κ3) is 7.84. The number of carbonyl (C=O) groups is 4. The number of carbonyl (C=O) groups excluding carboxylic acids is 2. The zero-order chi connectivity index (χ0) is 40.2. The van der Waals surface area contributed by atoms with Gasteiger partial charge < -0.3 is 40.6 Å². The molecule has 294 valence electrons. The van der Waals surface area contributed by atoms with Gasteiger partial charge in [-0.1, -0.05) is 60.7 Å². The zero-order valence-electron chi connectivity index (χ0n) is 31.2. The number of aromatic nitrogens is 6. The number of nitrogens with one attached hydrogen (secondary N) is 4. The number of hydrogen-bond donors (Lipinski definition) is 6. The highest BCUT2D eigenvalue weighted by Crippen LogP contribution is 2.36. The second-order valence-corrected chi connectivity index (χ2v) is 14.2. The number of hydrogen-bond acceptors (Lipinski definition) is 8. The topological polar surface area (TPSA) is 222 Å². The number of imidazole rings is 2. The van der Waals surface area contributed by atoms with Gasteiger partial charge in [0.25, 0.3) is 11.8 Å². The molecule has 0 bridgehead atoms. The average Bonchev–Trinajstić information content (AvgIpc) is 4.09. The highest BCUT2D eigenvalue weighted by Gasteiger charge is 2.38. The van der Waals surface area contributed by atoms with Crippen LogP contribution in [0, 0.1) is 0 Å². The van der Waals surface area contributed by atoms with Crippen LogP contribution in [0.1, 0.15) is 72.6 Å². The summed E-state index contributed by atoms with van der Waals surface area (Å²) in [6.07, 6.45) is 7.21. The van der Waals surface area contributed by atoms with E-state index in [1.54, 1.807) is 83.1 Å². The maximum absolute atomic E-state index is 13.7. The van der Waals surface area contributed by atoms with E-state index in [0.29, 0.717) is 60.1 Å². The molecule has 16 heteroatoms. The van der Waals surface area contributed by atoms with Crippen molar-refractivity contribution in [1.82, 2.24) is 50.3 Å². The van der Waals surface area contributed by atoms with Gasteiger partial charge in [-0.05, 0) is 61.1 Å². The van der Waals surface area contributed by atoms with Crippen LogP contribution in [0.2, 0.25) is 0 Å². The van der Waals surface area contributed by atoms with Crippen molar-refractivity contribution >= 4 is 24.0 Å². The maximum atomic E-state index is 13.7. The Hall–Kier alpha value is -7.36. The van der Waals surface area contributed by atoms with Gasteiger partial charge in [-0.2, -0.15) is 0 Å². The van der Waals surface area contributed by atoms with Crippen LogP contribution in [0.15, 0.2) is 110 Å². The third-order valence-corrected chi connectivity index (χ3v) is 10.6. The zero-order valence-corrected chi connectivity index (χ0v) is 31.2. The smallest absolute Gasteiger partial charge is 0.405 e. The quantitative estimate of drug-likeness (QED) is 0.0865. The van der Waals surface area contributed by atoms with E-state index < -0.39 is 24.3 Å². The fourth-order valence-corrected chi connectivity index (χ4v) is 7.79. The maximum Gasteiger partial charge on any atom is 0.405 e. The molecule has 8 rings (SSSR count). The van der Waals surface area contributed by atoms with Gasteiger partial charge in [0, 0.05) is 36.6 Å². The summed E-state index contributed by atoms with van der Waals surface area (Å²) >= 11 is 0. The fraction of sp³-hybridized carbons (Fsp3) is 0.238. The summed E-state index contributed by atoms with van der Waals surface area (Å²) in [5, 5.41) is 23.7. The van der Waals surface area contributed by atoms with Crippen molar-refractivity contribution in [3.05, 3.63) is 132 Å². The standard InChI is InChI=1S/C42H40N10O6/c53-39(35(49-41(55)56)25-9-3-1-4-10-25)51-19-7-13-33(51)37-45-23-31(47-37)27-15-17-29(43-21-27)30-18-16-28(22-44-30)32-24-46-38(48-32)34-14-8-20-52(34)40(54)36(50-42(57)58)26-11-5-2-6-12-26/h1-6,9-12,15-18,21-24,33-36,49-50H,7-8,13-14,19-20H2,(H,45,47)(H,46,48)(H,55,56)(H,57,58)/t33-,34?,35+,36?/m0/s1. The van der Waals surface area contributed by atoms with Gasteiger partial charge in [-0.15, -0.1) is 0 Å². The number of nitrogens with zero attached hydrogens (tertiary/aromatic N) is 6. The first kappa shape index (κ1) is 37.6. The molecule has 6 aromatic rings. The van der Waals surface area contributed by atoms with Crippen LogP contribution in [0.5, 0.6) is 0 Å². The Bertz CT molecular complexity index is 2230. The minimum absolute atomic E-state index is 0.330. The van der Waals surface area contributed by atoms with Gasteiger partial charge in [0.15, 0.2) is 0 Å². The van der Waals surface area contributed by atoms with Gasteiger partial charge in [-0.3, -0.25) is 19.6 Å². The summed E-state index contributed by atoms with van der Waals surface area (Å²) < 4.78 is 0. The van der Waals surface area contributed by atoms with E-state index in [-0.39, 0.29) is 23.9 Å². The number of pyridine rings is 2. The lowest BCUT2D eigenvalue weighted by Crippen LogP contribution is -2.42. The molecule has 58 heavy (non-hydrogen) atoms. The summed E-state index contributed by atoms with van der Waals surface area (Å²) in [7, 11) is 0. The molecule has 0 saturated carbocycles. The Morgan fingerprint density at radius 1 is 0.569 bits per heavy atom. The Balaban J connectivity index is 0.929. The minimum atomic E-state index is -1.28. The molecule has 2 aliphatic rings. The summed E-state index contributed by atoms with van der Waals surface area (Å²) in [5.41, 5.74) is 5.50. The van der Waals surface area contributed by atoms with E-state index in [0.717, 1.165) is 35.4 Å². The number of likely N-dealkylation sites (tertiary alicyclic amines) is 2. The van der Waals surface area contributed by atoms with E-state index in [4.69, 9.17) is 0 Å². The Labute approximate surface area is 332 Å². The monoisotopic (exact) mass is 780 g/mol. The van der Waals surface area contributed by atoms with Crippen molar-refractivity contribution in [3.8, 4) is 33.9 Å². The first-order chi connectivity index (χ1) is 28.2. The van der Waals surface area contributed by atoms with Crippen molar-refractivity contribution in [2.24, 2.45) is 0 Å². The molecule has 0 aliphatic carbocycles. The molecular weight excluding hydrogens is 741 g/mol. The van der Waals surface area contributed by atoms with E-state index >= 15 is 0 Å². The molecule has 0 spiro atoms. The minimum Gasteiger partial charge on any atom is -0.465 e. The first-order valence-corrected chi connectivity index (χ1v) is 19.0. The fourth-order valence-electron chi connectivity index (χ4n) is 7.79. The number of benzene rings is 2. The van der Waals surface area contributed by atoms with Gasteiger partial charge in [0.05, 0.1) is 47.3 Å². The Kier molecular flexibility index (Phi) is 10.6. The molecule has 4 aromatic heterocycles. The van der Waals surface area contributed by atoms with Crippen LogP contribution in [-0.2, 0) is 9.59 Å². The van der Waals surface area contributed by atoms with Crippen molar-refractivity contribution in [2.45, 2.75) is 49.9 Å². The highest BCUT2D eigenvalue weighted by atomic mass is 16.4. The normalized spacial score (nSPS) is 17.4. The second kappa shape index (κ2) is 16.4. The molecule has 2 fully saturated rings. The molecule has 2 saturated heterocycles. The molecule has 16 nitrogen and oxygen atoms in total. The molecular formula is C42H40N10O6. The van der Waals surface area contributed by atoms with Crippen LogP contribution >= 0.6 is 0 Å². The lowest BCUT2D eigenvalue weighted by molar-refractivity contribution is -0.135. The summed E-state index contributed by atoms with van der Waals surface area (Å²) in [6, 6.07) is 22.5. The molecule has 0 radical (unpaired) electrons. The van der Waals surface area contributed by atoms with Crippen LogP contribution in [0.4, 0.5) is 9.59 Å². The Morgan fingerprint density at radius 2 is 0.983 bits per heavy atom. The van der Waals surface area contributed by atoms with Crippen molar-refractivity contribution in [2.75, 3.05) is 13.1 Å². The van der Waals surface area contributed by atoms with Gasteiger partial charge >= 0.3 is 12.2 Å². The highest BCUT2D eigenvalue weighted by molar-refractivity contribution is 5.88. The molecule has 6 N–H and O–H groups in total. The van der Waals surface area contributed by atoms with Crippen molar-refractivity contribution in [1.29, 1.82) is 0 Å². The number of aromatic amines is 2. The third-order valence-electron chi connectivity index (χ3n) is 10.6. The number of rotatable bonds is 11. The predicted molar refractivity (Wildman–Crippen MR) is 211 cm³/mol.